The van der Waals surface area contributed by atoms with Gasteiger partial charge in [-0.25, -0.2) is 13.1 Å². The van der Waals surface area contributed by atoms with Crippen LogP contribution in [0.1, 0.15) is 18.1 Å². The van der Waals surface area contributed by atoms with E-state index in [2.05, 4.69) is 15.4 Å². The molecule has 0 fully saturated rings. The predicted octanol–water partition coefficient (Wildman–Crippen LogP) is 0.143. The Balaban J connectivity index is 0.00000264. The molecule has 2 rings (SSSR count). The molecule has 1 aliphatic heterocycles. The molecule has 130 valence electrons. The van der Waals surface area contributed by atoms with Crippen LogP contribution >= 0.6 is 12.4 Å². The third kappa shape index (κ3) is 5.74. The van der Waals surface area contributed by atoms with Crippen molar-refractivity contribution in [2.45, 2.75) is 25.0 Å². The predicted molar refractivity (Wildman–Crippen MR) is 88.9 cm³/mol. The second-order valence-corrected chi connectivity index (χ2v) is 6.72. The Labute approximate surface area is 142 Å². The maximum Gasteiger partial charge on any atom is 0.241 e. The molecule has 1 heterocycles. The van der Waals surface area contributed by atoms with Gasteiger partial charge in [0.1, 0.15) is 0 Å². The van der Waals surface area contributed by atoms with Gasteiger partial charge in [-0.05, 0) is 29.8 Å². The van der Waals surface area contributed by atoms with Gasteiger partial charge in [0, 0.05) is 13.1 Å². The lowest BCUT2D eigenvalue weighted by Crippen LogP contribution is -2.39. The van der Waals surface area contributed by atoms with E-state index in [0.717, 1.165) is 17.7 Å². The smallest absolute Gasteiger partial charge is 0.241 e. The minimum absolute atomic E-state index is 0. The summed E-state index contributed by atoms with van der Waals surface area (Å²) in [6.07, 6.45) is 0. The fourth-order valence-electron chi connectivity index (χ4n) is 2.09. The zero-order chi connectivity index (χ0) is 16.0. The highest BCUT2D eigenvalue weighted by atomic mass is 35.5. The van der Waals surface area contributed by atoms with Gasteiger partial charge < -0.3 is 15.4 Å². The Bertz CT molecular complexity index is 637. The number of fused-ring (bicyclic) bond motifs is 1. The molecule has 1 aromatic carbocycles. The quantitative estimate of drug-likeness (QED) is 0.571. The second kappa shape index (κ2) is 9.19. The number of hydrogen-bond donors (Lipinski definition) is 3. The van der Waals surface area contributed by atoms with E-state index < -0.39 is 10.0 Å². The highest BCUT2D eigenvalue weighted by Gasteiger charge is 2.19. The SMILES string of the molecule is CCNCCNC(=O)CNS(=O)(=O)c1ccc2c(c1)COC2.Cl. The summed E-state index contributed by atoms with van der Waals surface area (Å²) in [5, 5.41) is 5.70. The van der Waals surface area contributed by atoms with Crippen LogP contribution in [-0.2, 0) is 32.8 Å². The summed E-state index contributed by atoms with van der Waals surface area (Å²) < 4.78 is 31.9. The number of amides is 1. The molecule has 1 amide bonds. The molecule has 0 radical (unpaired) electrons. The first-order valence-corrected chi connectivity index (χ1v) is 8.68. The number of halogens is 1. The van der Waals surface area contributed by atoms with Crippen LogP contribution in [-0.4, -0.2) is 40.5 Å². The molecule has 7 nitrogen and oxygen atoms in total. The maximum absolute atomic E-state index is 12.2. The molecule has 1 aliphatic rings. The van der Waals surface area contributed by atoms with Gasteiger partial charge in [0.25, 0.3) is 0 Å². The van der Waals surface area contributed by atoms with Crippen LogP contribution < -0.4 is 15.4 Å². The van der Waals surface area contributed by atoms with Crippen molar-refractivity contribution in [3.63, 3.8) is 0 Å². The molecular formula is C14H22ClN3O4S. The molecule has 23 heavy (non-hydrogen) atoms. The van der Waals surface area contributed by atoms with E-state index >= 15 is 0 Å². The third-order valence-corrected chi connectivity index (χ3v) is 4.70. The Kier molecular flexibility index (Phi) is 7.93. The van der Waals surface area contributed by atoms with Gasteiger partial charge in [0.2, 0.25) is 15.9 Å². The van der Waals surface area contributed by atoms with Gasteiger partial charge in [-0.3, -0.25) is 4.79 Å². The molecule has 3 N–H and O–H groups in total. The Hall–Kier alpha value is -1.19. The topological polar surface area (TPSA) is 96.5 Å². The minimum atomic E-state index is -3.69. The number of rotatable bonds is 8. The fraction of sp³-hybridized carbons (Fsp3) is 0.500. The highest BCUT2D eigenvalue weighted by Crippen LogP contribution is 2.22. The summed E-state index contributed by atoms with van der Waals surface area (Å²) in [6.45, 7) is 4.56. The molecule has 0 saturated carbocycles. The first kappa shape index (κ1) is 19.9. The molecule has 0 saturated heterocycles. The van der Waals surface area contributed by atoms with Crippen molar-refractivity contribution in [2.75, 3.05) is 26.2 Å². The number of sulfonamides is 1. The van der Waals surface area contributed by atoms with Crippen LogP contribution in [0.5, 0.6) is 0 Å². The lowest BCUT2D eigenvalue weighted by Gasteiger charge is -2.09. The number of ether oxygens (including phenoxy) is 1. The van der Waals surface area contributed by atoms with Crippen molar-refractivity contribution in [1.82, 2.24) is 15.4 Å². The van der Waals surface area contributed by atoms with Gasteiger partial charge in [0.15, 0.2) is 0 Å². The van der Waals surface area contributed by atoms with Gasteiger partial charge >= 0.3 is 0 Å². The van der Waals surface area contributed by atoms with Crippen molar-refractivity contribution in [2.24, 2.45) is 0 Å². The minimum Gasteiger partial charge on any atom is -0.372 e. The van der Waals surface area contributed by atoms with E-state index in [1.165, 1.54) is 6.07 Å². The molecular weight excluding hydrogens is 342 g/mol. The summed E-state index contributed by atoms with van der Waals surface area (Å²) in [5.41, 5.74) is 1.87. The van der Waals surface area contributed by atoms with Crippen LogP contribution in [0.25, 0.3) is 0 Å². The third-order valence-electron chi connectivity index (χ3n) is 3.30. The van der Waals surface area contributed by atoms with Crippen LogP contribution in [0.15, 0.2) is 23.1 Å². The lowest BCUT2D eigenvalue weighted by atomic mass is 10.1. The molecule has 9 heteroatoms. The summed E-state index contributed by atoms with van der Waals surface area (Å²) in [6, 6.07) is 4.86. The van der Waals surface area contributed by atoms with E-state index in [1.807, 2.05) is 6.92 Å². The zero-order valence-corrected chi connectivity index (χ0v) is 14.6. The monoisotopic (exact) mass is 363 g/mol. The number of benzene rings is 1. The number of likely N-dealkylation sites (N-methyl/N-ethyl adjacent to an activating group) is 1. The van der Waals surface area contributed by atoms with Gasteiger partial charge in [-0.1, -0.05) is 13.0 Å². The van der Waals surface area contributed by atoms with E-state index in [9.17, 15) is 13.2 Å². The second-order valence-electron chi connectivity index (χ2n) is 4.95. The number of carbonyl (C=O) groups excluding carboxylic acids is 1. The summed E-state index contributed by atoms with van der Waals surface area (Å²) in [5.74, 6) is -0.356. The average Bonchev–Trinajstić information content (AvgIpc) is 2.97. The Morgan fingerprint density at radius 3 is 2.70 bits per heavy atom. The summed E-state index contributed by atoms with van der Waals surface area (Å²) in [7, 11) is -3.69. The summed E-state index contributed by atoms with van der Waals surface area (Å²) >= 11 is 0. The Morgan fingerprint density at radius 1 is 1.22 bits per heavy atom. The standard InChI is InChI=1S/C14H21N3O4S.ClH/c1-2-15-5-6-16-14(18)8-17-22(19,20)13-4-3-11-9-21-10-12(11)7-13;/h3-4,7,15,17H,2,5-6,8-10H2,1H3,(H,16,18);1H. The van der Waals surface area contributed by atoms with Gasteiger partial charge in [-0.15, -0.1) is 12.4 Å². The van der Waals surface area contributed by atoms with Crippen molar-refractivity contribution < 1.29 is 17.9 Å². The molecule has 0 atom stereocenters. The molecule has 0 unspecified atom stereocenters. The molecule has 0 bridgehead atoms. The fourth-order valence-corrected chi connectivity index (χ4v) is 3.12. The van der Waals surface area contributed by atoms with Crippen molar-refractivity contribution in [3.8, 4) is 0 Å². The van der Waals surface area contributed by atoms with E-state index in [1.54, 1.807) is 12.1 Å². The molecule has 0 spiro atoms. The van der Waals surface area contributed by atoms with Crippen molar-refractivity contribution in [3.05, 3.63) is 29.3 Å². The summed E-state index contributed by atoms with van der Waals surface area (Å²) in [4.78, 5) is 11.7. The number of carbonyl (C=O) groups is 1. The first-order valence-electron chi connectivity index (χ1n) is 7.19. The average molecular weight is 364 g/mol. The van der Waals surface area contributed by atoms with Crippen molar-refractivity contribution in [1.29, 1.82) is 0 Å². The normalized spacial score (nSPS) is 13.3. The highest BCUT2D eigenvalue weighted by molar-refractivity contribution is 7.89. The molecule has 1 aromatic rings. The van der Waals surface area contributed by atoms with Crippen molar-refractivity contribution >= 4 is 28.3 Å². The first-order chi connectivity index (χ1) is 10.5. The van der Waals surface area contributed by atoms with Gasteiger partial charge in [0.05, 0.1) is 24.7 Å². The van der Waals surface area contributed by atoms with Crippen LogP contribution in [0.2, 0.25) is 0 Å². The zero-order valence-electron chi connectivity index (χ0n) is 12.9. The van der Waals surface area contributed by atoms with Crippen LogP contribution in [0.4, 0.5) is 0 Å². The van der Waals surface area contributed by atoms with E-state index in [0.29, 0.717) is 26.3 Å². The Morgan fingerprint density at radius 2 is 1.96 bits per heavy atom. The molecule has 0 aromatic heterocycles. The van der Waals surface area contributed by atoms with Gasteiger partial charge in [-0.2, -0.15) is 0 Å². The van der Waals surface area contributed by atoms with E-state index in [4.69, 9.17) is 4.74 Å². The largest absolute Gasteiger partial charge is 0.372 e. The van der Waals surface area contributed by atoms with E-state index in [-0.39, 0.29) is 29.8 Å². The molecule has 0 aliphatic carbocycles. The lowest BCUT2D eigenvalue weighted by molar-refractivity contribution is -0.119. The number of nitrogens with one attached hydrogen (secondary N) is 3. The maximum atomic E-state index is 12.2. The van der Waals surface area contributed by atoms with Crippen LogP contribution in [0.3, 0.4) is 0 Å². The van der Waals surface area contributed by atoms with Crippen LogP contribution in [0, 0.1) is 0 Å². The number of hydrogen-bond acceptors (Lipinski definition) is 5.